The molecule has 0 rings (SSSR count). The maximum atomic E-state index is 10.9. The van der Waals surface area contributed by atoms with E-state index in [4.69, 9.17) is 10.2 Å². The van der Waals surface area contributed by atoms with Crippen molar-refractivity contribution in [2.24, 2.45) is 0 Å². The van der Waals surface area contributed by atoms with Crippen LogP contribution < -0.4 is 0 Å². The molecule has 0 aromatic heterocycles. The highest BCUT2D eigenvalue weighted by molar-refractivity contribution is 5.86. The Morgan fingerprint density at radius 1 is 0.955 bits per heavy atom. The zero-order valence-corrected chi connectivity index (χ0v) is 14.1. The Labute approximate surface area is 133 Å². The molecule has 0 unspecified atom stereocenters. The van der Waals surface area contributed by atoms with E-state index in [1.54, 1.807) is 26.0 Å². The Hall–Kier alpha value is -1.62. The number of hydrogen-bond acceptors (Lipinski definition) is 3. The van der Waals surface area contributed by atoms with Crippen molar-refractivity contribution in [2.75, 3.05) is 20.6 Å². The number of hydrogen-bond donors (Lipinski definition) is 2. The number of allylic oxidation sites excluding steroid dienone is 2. The van der Waals surface area contributed by atoms with E-state index in [0.717, 1.165) is 44.6 Å². The molecule has 2 N–H and O–H groups in total. The third-order valence-electron chi connectivity index (χ3n) is 3.38. The van der Waals surface area contributed by atoms with E-state index in [2.05, 4.69) is 4.90 Å². The molecule has 5 nitrogen and oxygen atoms in total. The van der Waals surface area contributed by atoms with Gasteiger partial charge in [-0.2, -0.15) is 0 Å². The third-order valence-corrected chi connectivity index (χ3v) is 3.38. The fourth-order valence-corrected chi connectivity index (χ4v) is 1.91. The van der Waals surface area contributed by atoms with Gasteiger partial charge in [0.2, 0.25) is 0 Å². The summed E-state index contributed by atoms with van der Waals surface area (Å²) in [6.45, 7) is 4.09. The first kappa shape index (κ1) is 20.4. The van der Waals surface area contributed by atoms with Gasteiger partial charge in [-0.15, -0.1) is 0 Å². The standard InChI is InChI=1S/C17H28NO4/c1-13(16(19)20)8-6-5-7-9-15(10-11-18(3)4)12-14(2)17(21)22/h8,12H,5-7,9-11H2,1-4H3,(H,19,20)(H,21,22). The van der Waals surface area contributed by atoms with Crippen LogP contribution in [0.15, 0.2) is 23.3 Å². The number of carboxylic acid groups (broad SMARTS) is 2. The summed E-state index contributed by atoms with van der Waals surface area (Å²) in [7, 11) is 3.98. The molecule has 0 aliphatic rings. The van der Waals surface area contributed by atoms with Crippen LogP contribution in [0.1, 0.15) is 46.0 Å². The lowest BCUT2D eigenvalue weighted by Gasteiger charge is -2.16. The van der Waals surface area contributed by atoms with Gasteiger partial charge in [-0.1, -0.05) is 18.6 Å². The second-order valence-electron chi connectivity index (χ2n) is 5.78. The molecule has 0 atom stereocenters. The van der Waals surface area contributed by atoms with Gasteiger partial charge in [0.15, 0.2) is 0 Å². The lowest BCUT2D eigenvalue weighted by Crippen LogP contribution is -2.15. The molecule has 0 aromatic carbocycles. The molecule has 0 aliphatic heterocycles. The first-order chi connectivity index (χ1) is 10.2. The van der Waals surface area contributed by atoms with Gasteiger partial charge in [-0.25, -0.2) is 9.59 Å². The molecule has 0 heterocycles. The number of nitrogens with zero attached hydrogens (tertiary/aromatic N) is 1. The highest BCUT2D eigenvalue weighted by atomic mass is 16.4. The molecule has 0 aromatic rings. The first-order valence-electron chi connectivity index (χ1n) is 7.55. The van der Waals surface area contributed by atoms with Crippen LogP contribution in [-0.2, 0) is 9.59 Å². The summed E-state index contributed by atoms with van der Waals surface area (Å²) in [5, 5.41) is 17.7. The Morgan fingerprint density at radius 2 is 1.55 bits per heavy atom. The largest absolute Gasteiger partial charge is 0.478 e. The van der Waals surface area contributed by atoms with Crippen LogP contribution in [0.4, 0.5) is 0 Å². The average Bonchev–Trinajstić information content (AvgIpc) is 2.43. The first-order valence-corrected chi connectivity index (χ1v) is 7.55. The summed E-state index contributed by atoms with van der Waals surface area (Å²) in [4.78, 5) is 23.7. The molecule has 0 aliphatic carbocycles. The highest BCUT2D eigenvalue weighted by Crippen LogP contribution is 2.20. The molecule has 0 bridgehead atoms. The molecule has 125 valence electrons. The SMILES string of the molecule is CC(=CCCCC[C](C=C(C)C(=O)O)CCN(C)C)C(=O)O. The summed E-state index contributed by atoms with van der Waals surface area (Å²) in [5.74, 6) is -0.631. The Kier molecular flexibility index (Phi) is 10.2. The van der Waals surface area contributed by atoms with E-state index in [0.29, 0.717) is 11.1 Å². The van der Waals surface area contributed by atoms with Crippen LogP contribution in [0.25, 0.3) is 0 Å². The molecular weight excluding hydrogens is 282 g/mol. The average molecular weight is 310 g/mol. The minimum absolute atomic E-state index is 0.357. The molecule has 5 heteroatoms. The molecule has 0 spiro atoms. The van der Waals surface area contributed by atoms with Crippen LogP contribution in [0.5, 0.6) is 0 Å². The van der Waals surface area contributed by atoms with Crippen LogP contribution in [0.2, 0.25) is 0 Å². The van der Waals surface area contributed by atoms with Gasteiger partial charge < -0.3 is 15.1 Å². The molecule has 0 saturated heterocycles. The van der Waals surface area contributed by atoms with Crippen molar-refractivity contribution in [3.05, 3.63) is 29.2 Å². The predicted octanol–water partition coefficient (Wildman–Crippen LogP) is 3.13. The van der Waals surface area contributed by atoms with Crippen molar-refractivity contribution < 1.29 is 19.8 Å². The van der Waals surface area contributed by atoms with E-state index in [9.17, 15) is 9.59 Å². The minimum Gasteiger partial charge on any atom is -0.478 e. The highest BCUT2D eigenvalue weighted by Gasteiger charge is 2.10. The predicted molar refractivity (Wildman–Crippen MR) is 87.7 cm³/mol. The number of carbonyl (C=O) groups is 2. The van der Waals surface area contributed by atoms with E-state index >= 15 is 0 Å². The number of unbranched alkanes of at least 4 members (excludes halogenated alkanes) is 2. The third kappa shape index (κ3) is 10.2. The van der Waals surface area contributed by atoms with Crippen molar-refractivity contribution in [3.8, 4) is 0 Å². The molecule has 0 fully saturated rings. The quantitative estimate of drug-likeness (QED) is 0.453. The summed E-state index contributed by atoms with van der Waals surface area (Å²) < 4.78 is 0. The maximum Gasteiger partial charge on any atom is 0.330 e. The van der Waals surface area contributed by atoms with Crippen LogP contribution in [0, 0.1) is 5.92 Å². The topological polar surface area (TPSA) is 77.8 Å². The normalized spacial score (nSPS) is 13.0. The zero-order chi connectivity index (χ0) is 17.1. The number of aliphatic carboxylic acids is 2. The van der Waals surface area contributed by atoms with Crippen molar-refractivity contribution in [3.63, 3.8) is 0 Å². The van der Waals surface area contributed by atoms with E-state index in [1.165, 1.54) is 0 Å². The van der Waals surface area contributed by atoms with Crippen LogP contribution >= 0.6 is 0 Å². The molecule has 0 saturated carbocycles. The second-order valence-corrected chi connectivity index (χ2v) is 5.78. The Morgan fingerprint density at radius 3 is 2.05 bits per heavy atom. The van der Waals surface area contributed by atoms with E-state index < -0.39 is 11.9 Å². The van der Waals surface area contributed by atoms with Gasteiger partial charge in [0.25, 0.3) is 0 Å². The molecular formula is C17H28NO4. The summed E-state index contributed by atoms with van der Waals surface area (Å²) in [5.41, 5.74) is 0.730. The number of rotatable bonds is 11. The van der Waals surface area contributed by atoms with Gasteiger partial charge in [0.05, 0.1) is 0 Å². The fourth-order valence-electron chi connectivity index (χ4n) is 1.91. The van der Waals surface area contributed by atoms with Crippen molar-refractivity contribution in [2.45, 2.75) is 46.0 Å². The van der Waals surface area contributed by atoms with Gasteiger partial charge in [0.1, 0.15) is 0 Å². The summed E-state index contributed by atoms with van der Waals surface area (Å²) in [6.07, 6.45) is 7.76. The van der Waals surface area contributed by atoms with Crippen LogP contribution in [-0.4, -0.2) is 47.7 Å². The van der Waals surface area contributed by atoms with Crippen molar-refractivity contribution >= 4 is 11.9 Å². The lowest BCUT2D eigenvalue weighted by molar-refractivity contribution is -0.133. The van der Waals surface area contributed by atoms with Gasteiger partial charge in [-0.05, 0) is 66.1 Å². The smallest absolute Gasteiger partial charge is 0.330 e. The summed E-state index contributed by atoms with van der Waals surface area (Å²) >= 11 is 0. The summed E-state index contributed by atoms with van der Waals surface area (Å²) in [6, 6.07) is 0. The monoisotopic (exact) mass is 310 g/mol. The van der Waals surface area contributed by atoms with E-state index in [1.807, 2.05) is 14.1 Å². The van der Waals surface area contributed by atoms with Crippen molar-refractivity contribution in [1.82, 2.24) is 4.90 Å². The minimum atomic E-state index is -0.887. The van der Waals surface area contributed by atoms with Gasteiger partial charge >= 0.3 is 11.9 Å². The Balaban J connectivity index is 4.35. The van der Waals surface area contributed by atoms with Crippen LogP contribution in [0.3, 0.4) is 0 Å². The Bertz CT molecular complexity index is 424. The lowest BCUT2D eigenvalue weighted by atomic mass is 9.95. The molecule has 22 heavy (non-hydrogen) atoms. The maximum absolute atomic E-state index is 10.9. The van der Waals surface area contributed by atoms with E-state index in [-0.39, 0.29) is 0 Å². The fraction of sp³-hybridized carbons (Fsp3) is 0.588. The number of carboxylic acids is 2. The zero-order valence-electron chi connectivity index (χ0n) is 14.1. The van der Waals surface area contributed by atoms with Gasteiger partial charge in [-0.3, -0.25) is 0 Å². The van der Waals surface area contributed by atoms with Gasteiger partial charge in [0, 0.05) is 11.1 Å². The molecule has 1 radical (unpaired) electrons. The second kappa shape index (κ2) is 11.0. The molecule has 0 amide bonds. The van der Waals surface area contributed by atoms with Crippen molar-refractivity contribution in [1.29, 1.82) is 0 Å².